The van der Waals surface area contributed by atoms with Gasteiger partial charge in [0, 0.05) is 17.7 Å². The van der Waals surface area contributed by atoms with Crippen molar-refractivity contribution in [2.24, 2.45) is 0 Å². The van der Waals surface area contributed by atoms with Crippen molar-refractivity contribution in [2.45, 2.75) is 26.5 Å². The number of benzene rings is 1. The van der Waals surface area contributed by atoms with Crippen molar-refractivity contribution >= 4 is 12.0 Å². The Morgan fingerprint density at radius 3 is 2.61 bits per heavy atom. The Kier molecular flexibility index (Phi) is 5.30. The molecule has 3 nitrogen and oxygen atoms in total. The van der Waals surface area contributed by atoms with Crippen LogP contribution in [0.4, 0.5) is 8.78 Å². The highest BCUT2D eigenvalue weighted by molar-refractivity contribution is 5.92. The molecule has 0 unspecified atom stereocenters. The van der Waals surface area contributed by atoms with Crippen LogP contribution in [0.15, 0.2) is 30.3 Å². The molecule has 98 valence electrons. The predicted molar refractivity (Wildman–Crippen MR) is 65.4 cm³/mol. The Labute approximate surface area is 104 Å². The molecule has 18 heavy (non-hydrogen) atoms. The number of alkyl halides is 2. The van der Waals surface area contributed by atoms with Gasteiger partial charge < -0.3 is 10.1 Å². The molecule has 1 amide bonds. The van der Waals surface area contributed by atoms with Crippen molar-refractivity contribution in [3.05, 3.63) is 35.9 Å². The van der Waals surface area contributed by atoms with Gasteiger partial charge in [0.25, 0.3) is 0 Å². The first-order chi connectivity index (χ1) is 8.49. The summed E-state index contributed by atoms with van der Waals surface area (Å²) in [5.74, 6) is -0.238. The molecule has 0 saturated carbocycles. The van der Waals surface area contributed by atoms with Gasteiger partial charge in [-0.05, 0) is 26.0 Å². The number of ether oxygens (including phenoxy) is 1. The van der Waals surface area contributed by atoms with Gasteiger partial charge in [-0.3, -0.25) is 4.79 Å². The lowest BCUT2D eigenvalue weighted by molar-refractivity contribution is -0.116. The first kappa shape index (κ1) is 14.2. The zero-order valence-electron chi connectivity index (χ0n) is 10.2. The van der Waals surface area contributed by atoms with E-state index in [0.717, 1.165) is 0 Å². The molecule has 0 saturated heterocycles. The van der Waals surface area contributed by atoms with E-state index in [9.17, 15) is 13.6 Å². The molecule has 0 fully saturated rings. The number of para-hydroxylation sites is 1. The van der Waals surface area contributed by atoms with Gasteiger partial charge in [0.1, 0.15) is 5.75 Å². The van der Waals surface area contributed by atoms with Gasteiger partial charge in [-0.2, -0.15) is 8.78 Å². The summed E-state index contributed by atoms with van der Waals surface area (Å²) in [7, 11) is 0. The van der Waals surface area contributed by atoms with Crippen LogP contribution in [0.2, 0.25) is 0 Å². The molecule has 1 rings (SSSR count). The molecule has 0 radical (unpaired) electrons. The molecule has 0 aliphatic rings. The van der Waals surface area contributed by atoms with Crippen molar-refractivity contribution in [3.8, 4) is 5.75 Å². The molecule has 5 heteroatoms. The fourth-order valence-electron chi connectivity index (χ4n) is 1.32. The normalized spacial score (nSPS) is 11.2. The Balaban J connectivity index is 2.77. The Bertz CT molecular complexity index is 431. The molecule has 0 atom stereocenters. The molecule has 0 bridgehead atoms. The third-order valence-electron chi connectivity index (χ3n) is 1.98. The topological polar surface area (TPSA) is 38.3 Å². The van der Waals surface area contributed by atoms with E-state index in [1.165, 1.54) is 18.2 Å². The third kappa shape index (κ3) is 4.95. The number of halogens is 2. The monoisotopic (exact) mass is 255 g/mol. The number of carbonyl (C=O) groups excluding carboxylic acids is 1. The Morgan fingerprint density at radius 1 is 1.33 bits per heavy atom. The van der Waals surface area contributed by atoms with Gasteiger partial charge in [-0.15, -0.1) is 0 Å². The van der Waals surface area contributed by atoms with E-state index in [1.807, 2.05) is 13.8 Å². The second-order valence-electron chi connectivity index (χ2n) is 3.91. The number of carbonyl (C=O) groups is 1. The minimum absolute atomic E-state index is 0.0229. The van der Waals surface area contributed by atoms with Gasteiger partial charge in [-0.1, -0.05) is 18.2 Å². The maximum atomic E-state index is 12.1. The van der Waals surface area contributed by atoms with E-state index in [2.05, 4.69) is 10.1 Å². The average molecular weight is 255 g/mol. The molecule has 1 aromatic rings. The molecule has 0 aromatic heterocycles. The summed E-state index contributed by atoms with van der Waals surface area (Å²) in [6.07, 6.45) is 2.73. The smallest absolute Gasteiger partial charge is 0.387 e. The quantitative estimate of drug-likeness (QED) is 0.822. The molecule has 1 N–H and O–H groups in total. The number of hydrogen-bond donors (Lipinski definition) is 1. The van der Waals surface area contributed by atoms with Crippen LogP contribution in [-0.4, -0.2) is 18.6 Å². The van der Waals surface area contributed by atoms with E-state index in [4.69, 9.17) is 0 Å². The van der Waals surface area contributed by atoms with Crippen LogP contribution in [0.25, 0.3) is 6.08 Å². The summed E-state index contributed by atoms with van der Waals surface area (Å²) in [5.41, 5.74) is 0.428. The molecular weight excluding hydrogens is 240 g/mol. The number of amides is 1. The van der Waals surface area contributed by atoms with Gasteiger partial charge in [0.2, 0.25) is 5.91 Å². The maximum absolute atomic E-state index is 12.1. The summed E-state index contributed by atoms with van der Waals surface area (Å²) < 4.78 is 28.6. The highest BCUT2D eigenvalue weighted by Crippen LogP contribution is 2.21. The molecule has 0 heterocycles. The van der Waals surface area contributed by atoms with Crippen molar-refractivity contribution in [2.75, 3.05) is 0 Å². The second kappa shape index (κ2) is 6.74. The summed E-state index contributed by atoms with van der Waals surface area (Å²) in [4.78, 5) is 11.4. The van der Waals surface area contributed by atoms with Crippen LogP contribution in [0.3, 0.4) is 0 Å². The molecule has 0 aliphatic carbocycles. The zero-order valence-corrected chi connectivity index (χ0v) is 10.2. The second-order valence-corrected chi connectivity index (χ2v) is 3.91. The predicted octanol–water partition coefficient (Wildman–Crippen LogP) is 2.83. The fourth-order valence-corrected chi connectivity index (χ4v) is 1.32. The van der Waals surface area contributed by atoms with E-state index in [1.54, 1.807) is 18.2 Å². The molecule has 1 aromatic carbocycles. The highest BCUT2D eigenvalue weighted by atomic mass is 19.3. The third-order valence-corrected chi connectivity index (χ3v) is 1.98. The van der Waals surface area contributed by atoms with E-state index in [-0.39, 0.29) is 17.7 Å². The van der Waals surface area contributed by atoms with Gasteiger partial charge in [0.15, 0.2) is 0 Å². The van der Waals surface area contributed by atoms with Crippen molar-refractivity contribution in [1.29, 1.82) is 0 Å². The van der Waals surface area contributed by atoms with Crippen LogP contribution >= 0.6 is 0 Å². The summed E-state index contributed by atoms with van der Waals surface area (Å²) in [6.45, 7) is 0.781. The largest absolute Gasteiger partial charge is 0.434 e. The Morgan fingerprint density at radius 2 is 2.00 bits per heavy atom. The maximum Gasteiger partial charge on any atom is 0.387 e. The average Bonchev–Trinajstić information content (AvgIpc) is 2.26. The van der Waals surface area contributed by atoms with Gasteiger partial charge >= 0.3 is 6.61 Å². The highest BCUT2D eigenvalue weighted by Gasteiger charge is 2.07. The van der Waals surface area contributed by atoms with E-state index in [0.29, 0.717) is 5.56 Å². The minimum atomic E-state index is -2.89. The lowest BCUT2D eigenvalue weighted by atomic mass is 10.2. The zero-order chi connectivity index (χ0) is 13.5. The van der Waals surface area contributed by atoms with Crippen LogP contribution < -0.4 is 10.1 Å². The summed E-state index contributed by atoms with van der Waals surface area (Å²) in [6, 6.07) is 6.31. The first-order valence-corrected chi connectivity index (χ1v) is 5.51. The fraction of sp³-hybridized carbons (Fsp3) is 0.308. The lowest BCUT2D eigenvalue weighted by Gasteiger charge is -2.07. The number of rotatable bonds is 5. The van der Waals surface area contributed by atoms with E-state index >= 15 is 0 Å². The summed E-state index contributed by atoms with van der Waals surface area (Å²) in [5, 5.41) is 2.66. The van der Waals surface area contributed by atoms with Crippen molar-refractivity contribution < 1.29 is 18.3 Å². The Hall–Kier alpha value is -1.91. The standard InChI is InChI=1S/C13H15F2NO2/c1-9(2)16-12(17)8-7-10-5-3-4-6-11(10)18-13(14)15/h3-9,13H,1-2H3,(H,16,17)/b8-7+. The number of nitrogens with one attached hydrogen (secondary N) is 1. The van der Waals surface area contributed by atoms with Crippen LogP contribution in [-0.2, 0) is 4.79 Å². The van der Waals surface area contributed by atoms with Gasteiger partial charge in [-0.25, -0.2) is 0 Å². The summed E-state index contributed by atoms with van der Waals surface area (Å²) >= 11 is 0. The SMILES string of the molecule is CC(C)NC(=O)/C=C/c1ccccc1OC(F)F. The van der Waals surface area contributed by atoms with Crippen LogP contribution in [0.1, 0.15) is 19.4 Å². The lowest BCUT2D eigenvalue weighted by Crippen LogP contribution is -2.28. The van der Waals surface area contributed by atoms with Crippen LogP contribution in [0.5, 0.6) is 5.75 Å². The first-order valence-electron chi connectivity index (χ1n) is 5.51. The van der Waals surface area contributed by atoms with Gasteiger partial charge in [0.05, 0.1) is 0 Å². The van der Waals surface area contributed by atoms with Crippen molar-refractivity contribution in [1.82, 2.24) is 5.32 Å². The minimum Gasteiger partial charge on any atom is -0.434 e. The molecule has 0 spiro atoms. The molecule has 0 aliphatic heterocycles. The van der Waals surface area contributed by atoms with E-state index < -0.39 is 6.61 Å². The van der Waals surface area contributed by atoms with Crippen molar-refractivity contribution in [3.63, 3.8) is 0 Å². The number of hydrogen-bond acceptors (Lipinski definition) is 2. The van der Waals surface area contributed by atoms with Crippen LogP contribution in [0, 0.1) is 0 Å². The molecular formula is C13H15F2NO2.